The maximum Gasteiger partial charge on any atom is 0.254 e. The number of imidazole rings is 1. The third kappa shape index (κ3) is 2.74. The zero-order chi connectivity index (χ0) is 14.8. The van der Waals surface area contributed by atoms with E-state index in [4.69, 9.17) is 5.73 Å². The number of carbonyl (C=O) groups excluding carboxylic acids is 1. The normalized spacial score (nSPS) is 21.4. The Kier molecular flexibility index (Phi) is 3.60. The van der Waals surface area contributed by atoms with Crippen molar-refractivity contribution in [2.24, 2.45) is 0 Å². The van der Waals surface area contributed by atoms with Gasteiger partial charge in [0.15, 0.2) is 0 Å². The van der Waals surface area contributed by atoms with Crippen LogP contribution in [0.3, 0.4) is 0 Å². The Hall–Kier alpha value is -2.37. The van der Waals surface area contributed by atoms with E-state index < -0.39 is 11.7 Å². The van der Waals surface area contributed by atoms with Gasteiger partial charge >= 0.3 is 0 Å². The molecule has 21 heavy (non-hydrogen) atoms. The number of nitrogens with one attached hydrogen (secondary N) is 1. The molecule has 3 N–H and O–H groups in total. The van der Waals surface area contributed by atoms with E-state index in [-0.39, 0.29) is 17.6 Å². The lowest BCUT2D eigenvalue weighted by atomic mass is 10.1. The quantitative estimate of drug-likeness (QED) is 0.850. The second-order valence-corrected chi connectivity index (χ2v) is 5.33. The fourth-order valence-electron chi connectivity index (χ4n) is 2.89. The number of nitrogens with two attached hydrogens (primary N) is 1. The van der Waals surface area contributed by atoms with Gasteiger partial charge in [-0.25, -0.2) is 9.37 Å². The van der Waals surface area contributed by atoms with Gasteiger partial charge in [0.1, 0.15) is 5.82 Å². The van der Waals surface area contributed by atoms with Crippen molar-refractivity contribution < 1.29 is 9.18 Å². The highest BCUT2D eigenvalue weighted by atomic mass is 19.1. The standard InChI is InChI=1S/C15H17FN4O/c16-12-8-10(17)4-5-11(12)15(21)19-13-2-1-3-14(13)20-7-6-18-9-20/h4-9,13-14H,1-3,17H2,(H,19,21). The number of rotatable bonds is 3. The van der Waals surface area contributed by atoms with Gasteiger partial charge in [-0.3, -0.25) is 4.79 Å². The van der Waals surface area contributed by atoms with Gasteiger partial charge < -0.3 is 15.6 Å². The molecule has 2 aromatic rings. The van der Waals surface area contributed by atoms with Crippen LogP contribution in [-0.4, -0.2) is 21.5 Å². The van der Waals surface area contributed by atoms with Crippen molar-refractivity contribution in [3.8, 4) is 0 Å². The van der Waals surface area contributed by atoms with Crippen molar-refractivity contribution in [3.05, 3.63) is 48.3 Å². The molecule has 1 aromatic carbocycles. The summed E-state index contributed by atoms with van der Waals surface area (Å²) >= 11 is 0. The first-order valence-corrected chi connectivity index (χ1v) is 6.98. The molecule has 1 heterocycles. The number of benzene rings is 1. The molecule has 110 valence electrons. The monoisotopic (exact) mass is 288 g/mol. The Balaban J connectivity index is 1.75. The van der Waals surface area contributed by atoms with Crippen LogP contribution in [0.25, 0.3) is 0 Å². The van der Waals surface area contributed by atoms with E-state index in [0.717, 1.165) is 25.3 Å². The molecule has 6 heteroatoms. The average Bonchev–Trinajstić information content (AvgIpc) is 3.08. The number of carbonyl (C=O) groups is 1. The molecule has 1 aromatic heterocycles. The fraction of sp³-hybridized carbons (Fsp3) is 0.333. The van der Waals surface area contributed by atoms with Gasteiger partial charge in [-0.1, -0.05) is 0 Å². The molecule has 1 aliphatic rings. The number of hydrogen-bond donors (Lipinski definition) is 2. The van der Waals surface area contributed by atoms with Gasteiger partial charge in [0.25, 0.3) is 5.91 Å². The van der Waals surface area contributed by atoms with E-state index in [0.29, 0.717) is 5.69 Å². The second kappa shape index (κ2) is 5.55. The summed E-state index contributed by atoms with van der Waals surface area (Å²) in [4.78, 5) is 16.3. The van der Waals surface area contributed by atoms with Crippen molar-refractivity contribution in [1.29, 1.82) is 0 Å². The first-order valence-electron chi connectivity index (χ1n) is 6.98. The minimum Gasteiger partial charge on any atom is -0.399 e. The van der Waals surface area contributed by atoms with Gasteiger partial charge in [0, 0.05) is 24.1 Å². The predicted octanol–water partition coefficient (Wildman–Crippen LogP) is 2.13. The lowest BCUT2D eigenvalue weighted by molar-refractivity contribution is 0.0925. The maximum atomic E-state index is 13.8. The molecular formula is C15H17FN4O. The molecule has 2 unspecified atom stereocenters. The van der Waals surface area contributed by atoms with Gasteiger partial charge in [-0.05, 0) is 37.5 Å². The number of halogens is 1. The zero-order valence-electron chi connectivity index (χ0n) is 11.5. The minimum absolute atomic E-state index is 0.0105. The molecule has 1 saturated carbocycles. The van der Waals surface area contributed by atoms with Gasteiger partial charge in [-0.15, -0.1) is 0 Å². The summed E-state index contributed by atoms with van der Waals surface area (Å²) in [7, 11) is 0. The van der Waals surface area contributed by atoms with Crippen LogP contribution in [0.1, 0.15) is 35.7 Å². The molecule has 1 aliphatic carbocycles. The molecular weight excluding hydrogens is 271 g/mol. The summed E-state index contributed by atoms with van der Waals surface area (Å²) in [5.41, 5.74) is 5.83. The molecule has 0 bridgehead atoms. The second-order valence-electron chi connectivity index (χ2n) is 5.33. The Bertz CT molecular complexity index is 641. The van der Waals surface area contributed by atoms with E-state index >= 15 is 0 Å². The Morgan fingerprint density at radius 3 is 3.00 bits per heavy atom. The molecule has 0 radical (unpaired) electrons. The first-order chi connectivity index (χ1) is 10.1. The zero-order valence-corrected chi connectivity index (χ0v) is 11.5. The minimum atomic E-state index is -0.593. The highest BCUT2D eigenvalue weighted by molar-refractivity contribution is 5.95. The van der Waals surface area contributed by atoms with E-state index in [1.807, 2.05) is 10.8 Å². The van der Waals surface area contributed by atoms with Crippen LogP contribution in [0.15, 0.2) is 36.9 Å². The smallest absolute Gasteiger partial charge is 0.254 e. The summed E-state index contributed by atoms with van der Waals surface area (Å²) in [5.74, 6) is -0.991. The largest absolute Gasteiger partial charge is 0.399 e. The Morgan fingerprint density at radius 1 is 1.43 bits per heavy atom. The summed E-state index contributed by atoms with van der Waals surface area (Å²) in [5, 5.41) is 2.93. The molecule has 3 rings (SSSR count). The fourth-order valence-corrected chi connectivity index (χ4v) is 2.89. The van der Waals surface area contributed by atoms with Crippen LogP contribution >= 0.6 is 0 Å². The van der Waals surface area contributed by atoms with Crippen molar-refractivity contribution in [2.45, 2.75) is 31.3 Å². The predicted molar refractivity (Wildman–Crippen MR) is 77.2 cm³/mol. The van der Waals surface area contributed by atoms with Crippen LogP contribution in [0.4, 0.5) is 10.1 Å². The number of nitrogens with zero attached hydrogens (tertiary/aromatic N) is 2. The molecule has 1 amide bonds. The Labute approximate surface area is 122 Å². The van der Waals surface area contributed by atoms with E-state index in [9.17, 15) is 9.18 Å². The summed E-state index contributed by atoms with van der Waals surface area (Å²) in [6, 6.07) is 4.27. The van der Waals surface area contributed by atoms with Crippen LogP contribution < -0.4 is 11.1 Å². The molecule has 2 atom stereocenters. The number of hydrogen-bond acceptors (Lipinski definition) is 3. The first kappa shape index (κ1) is 13.6. The van der Waals surface area contributed by atoms with E-state index in [1.54, 1.807) is 12.5 Å². The highest BCUT2D eigenvalue weighted by Gasteiger charge is 2.30. The lowest BCUT2D eigenvalue weighted by Crippen LogP contribution is -2.38. The van der Waals surface area contributed by atoms with E-state index in [2.05, 4.69) is 10.3 Å². The third-order valence-corrected chi connectivity index (χ3v) is 3.94. The third-order valence-electron chi connectivity index (χ3n) is 3.94. The lowest BCUT2D eigenvalue weighted by Gasteiger charge is -2.22. The topological polar surface area (TPSA) is 72.9 Å². The van der Waals surface area contributed by atoms with E-state index in [1.165, 1.54) is 12.1 Å². The summed E-state index contributed by atoms with van der Waals surface area (Å²) < 4.78 is 15.8. The summed E-state index contributed by atoms with van der Waals surface area (Å²) in [6.45, 7) is 0. The van der Waals surface area contributed by atoms with Crippen molar-refractivity contribution in [3.63, 3.8) is 0 Å². The SMILES string of the molecule is Nc1ccc(C(=O)NC2CCCC2n2ccnc2)c(F)c1. The van der Waals surface area contributed by atoms with Crippen molar-refractivity contribution in [1.82, 2.24) is 14.9 Å². The molecule has 0 saturated heterocycles. The molecule has 1 fully saturated rings. The molecule has 0 aliphatic heterocycles. The van der Waals surface area contributed by atoms with Crippen molar-refractivity contribution >= 4 is 11.6 Å². The summed E-state index contributed by atoms with van der Waals surface area (Å²) in [6.07, 6.45) is 8.24. The molecule has 0 spiro atoms. The number of amides is 1. The van der Waals surface area contributed by atoms with Gasteiger partial charge in [-0.2, -0.15) is 0 Å². The van der Waals surface area contributed by atoms with Crippen LogP contribution in [0.2, 0.25) is 0 Å². The number of aromatic nitrogens is 2. The number of nitrogen functional groups attached to an aromatic ring is 1. The van der Waals surface area contributed by atoms with Gasteiger partial charge in [0.05, 0.1) is 17.9 Å². The van der Waals surface area contributed by atoms with Crippen LogP contribution in [-0.2, 0) is 0 Å². The maximum absolute atomic E-state index is 13.8. The Morgan fingerprint density at radius 2 is 2.29 bits per heavy atom. The number of anilines is 1. The van der Waals surface area contributed by atoms with Crippen molar-refractivity contribution in [2.75, 3.05) is 5.73 Å². The van der Waals surface area contributed by atoms with Gasteiger partial charge in [0.2, 0.25) is 0 Å². The van der Waals surface area contributed by atoms with Crippen LogP contribution in [0.5, 0.6) is 0 Å². The van der Waals surface area contributed by atoms with Crippen LogP contribution in [0, 0.1) is 5.82 Å². The average molecular weight is 288 g/mol. The highest BCUT2D eigenvalue weighted by Crippen LogP contribution is 2.30. The molecule has 5 nitrogen and oxygen atoms in total.